The van der Waals surface area contributed by atoms with Gasteiger partial charge in [0.05, 0.1) is 31.1 Å². The van der Waals surface area contributed by atoms with Gasteiger partial charge in [0.2, 0.25) is 11.2 Å². The molecule has 0 aliphatic carbocycles. The molecule has 2 heterocycles. The molecule has 1 N–H and O–H groups in total. The number of fused-ring (bicyclic) bond motifs is 1. The van der Waals surface area contributed by atoms with E-state index in [4.69, 9.17) is 9.15 Å². The fourth-order valence-corrected chi connectivity index (χ4v) is 4.30. The summed E-state index contributed by atoms with van der Waals surface area (Å²) in [5, 5.41) is 12.6. The van der Waals surface area contributed by atoms with Gasteiger partial charge in [-0.1, -0.05) is 30.9 Å². The summed E-state index contributed by atoms with van der Waals surface area (Å²) in [5.74, 6) is -1.38. The van der Waals surface area contributed by atoms with Crippen LogP contribution in [0.3, 0.4) is 0 Å². The third kappa shape index (κ3) is 4.56. The van der Waals surface area contributed by atoms with E-state index >= 15 is 0 Å². The molecule has 1 aliphatic heterocycles. The van der Waals surface area contributed by atoms with Crippen LogP contribution >= 0.6 is 0 Å². The van der Waals surface area contributed by atoms with Gasteiger partial charge in [0.25, 0.3) is 0 Å². The Morgan fingerprint density at radius 1 is 1.12 bits per heavy atom. The van der Waals surface area contributed by atoms with Crippen molar-refractivity contribution < 1.29 is 32.3 Å². The minimum absolute atomic E-state index is 0.0324. The Morgan fingerprint density at radius 2 is 1.79 bits per heavy atom. The molecule has 0 bridgehead atoms. The highest BCUT2D eigenvalue weighted by atomic mass is 19.4. The van der Waals surface area contributed by atoms with Crippen LogP contribution in [0.2, 0.25) is 0 Å². The number of rotatable bonds is 5. The SMILES string of the molecule is CCN1CC[NH+](Cc2c([O-])ccc3c(=O)c(-c4ccc(OC)cc4)c(C(F)(F)F)oc23)CC1. The van der Waals surface area contributed by atoms with Crippen molar-refractivity contribution in [2.24, 2.45) is 0 Å². The fourth-order valence-electron chi connectivity index (χ4n) is 4.30. The van der Waals surface area contributed by atoms with Crippen molar-refractivity contribution in [1.82, 2.24) is 4.90 Å². The molecule has 6 nitrogen and oxygen atoms in total. The summed E-state index contributed by atoms with van der Waals surface area (Å²) in [5.41, 5.74) is -1.50. The number of quaternary nitrogens is 1. The first-order valence-electron chi connectivity index (χ1n) is 10.8. The molecular weight excluding hydrogens is 437 g/mol. The van der Waals surface area contributed by atoms with E-state index in [1.54, 1.807) is 0 Å². The quantitative estimate of drug-likeness (QED) is 0.630. The maximum Gasteiger partial charge on any atom is 0.450 e. The Labute approximate surface area is 188 Å². The van der Waals surface area contributed by atoms with E-state index in [2.05, 4.69) is 11.8 Å². The van der Waals surface area contributed by atoms with Crippen molar-refractivity contribution in [3.8, 4) is 22.6 Å². The molecule has 4 rings (SSSR count). The van der Waals surface area contributed by atoms with Crippen molar-refractivity contribution in [2.45, 2.75) is 19.6 Å². The van der Waals surface area contributed by atoms with Crippen molar-refractivity contribution in [1.29, 1.82) is 0 Å². The van der Waals surface area contributed by atoms with Crippen molar-refractivity contribution in [2.75, 3.05) is 39.8 Å². The zero-order valence-corrected chi connectivity index (χ0v) is 18.4. The second-order valence-electron chi connectivity index (χ2n) is 8.14. The maximum absolute atomic E-state index is 14.0. The van der Waals surface area contributed by atoms with Gasteiger partial charge in [0.1, 0.15) is 17.9 Å². The first-order valence-corrected chi connectivity index (χ1v) is 10.8. The predicted octanol–water partition coefficient (Wildman–Crippen LogP) is 2.28. The van der Waals surface area contributed by atoms with Crippen LogP contribution in [0.25, 0.3) is 22.1 Å². The van der Waals surface area contributed by atoms with Gasteiger partial charge in [0.15, 0.2) is 0 Å². The number of ether oxygens (including phenoxy) is 1. The van der Waals surface area contributed by atoms with Crippen LogP contribution in [0.1, 0.15) is 18.2 Å². The Balaban J connectivity index is 1.86. The second-order valence-corrected chi connectivity index (χ2v) is 8.14. The van der Waals surface area contributed by atoms with Crippen LogP contribution in [-0.4, -0.2) is 44.7 Å². The lowest BCUT2D eigenvalue weighted by atomic mass is 10.00. The second kappa shape index (κ2) is 9.07. The molecule has 176 valence electrons. The van der Waals surface area contributed by atoms with Crippen LogP contribution in [0.15, 0.2) is 45.6 Å². The lowest BCUT2D eigenvalue weighted by Gasteiger charge is -2.32. The summed E-state index contributed by atoms with van der Waals surface area (Å²) in [4.78, 5) is 16.6. The molecule has 0 spiro atoms. The zero-order valence-electron chi connectivity index (χ0n) is 18.4. The topological polar surface area (TPSA) is 70.2 Å². The maximum atomic E-state index is 14.0. The largest absolute Gasteiger partial charge is 0.872 e. The van der Waals surface area contributed by atoms with Crippen LogP contribution in [0.4, 0.5) is 13.2 Å². The van der Waals surface area contributed by atoms with Gasteiger partial charge in [-0.2, -0.15) is 13.2 Å². The summed E-state index contributed by atoms with van der Waals surface area (Å²) >= 11 is 0. The number of piperazine rings is 1. The van der Waals surface area contributed by atoms with Gasteiger partial charge in [-0.3, -0.25) is 9.69 Å². The molecular formula is C24H25F3N2O4. The molecule has 9 heteroatoms. The summed E-state index contributed by atoms with van der Waals surface area (Å²) in [7, 11) is 1.44. The van der Waals surface area contributed by atoms with E-state index in [1.807, 2.05) is 0 Å². The van der Waals surface area contributed by atoms with Crippen molar-refractivity contribution in [3.63, 3.8) is 0 Å². The molecule has 1 aliphatic rings. The Bertz CT molecular complexity index is 1200. The summed E-state index contributed by atoms with van der Waals surface area (Å²) in [6.45, 7) is 6.38. The van der Waals surface area contributed by atoms with Crippen LogP contribution in [0.5, 0.6) is 11.5 Å². The smallest absolute Gasteiger partial charge is 0.450 e. The summed E-state index contributed by atoms with van der Waals surface area (Å²) in [6.07, 6.45) is -4.92. The van der Waals surface area contributed by atoms with E-state index in [9.17, 15) is 23.1 Å². The molecule has 3 aromatic rings. The predicted molar refractivity (Wildman–Crippen MR) is 115 cm³/mol. The standard InChI is InChI=1S/C24H25F3N2O4/c1-3-28-10-12-29(13-11-28)14-18-19(30)9-8-17-21(31)20(15-4-6-16(32-2)7-5-15)23(24(25,26)27)33-22(17)18/h4-9,30H,3,10-14H2,1-2H3. The number of nitrogens with one attached hydrogen (secondary N) is 1. The monoisotopic (exact) mass is 462 g/mol. The first-order chi connectivity index (χ1) is 15.7. The molecule has 0 atom stereocenters. The minimum atomic E-state index is -4.92. The summed E-state index contributed by atoms with van der Waals surface area (Å²) in [6, 6.07) is 8.21. The molecule has 0 saturated carbocycles. The van der Waals surface area contributed by atoms with Gasteiger partial charge in [0, 0.05) is 18.7 Å². The molecule has 1 fully saturated rings. The molecule has 1 saturated heterocycles. The van der Waals surface area contributed by atoms with Gasteiger partial charge in [-0.25, -0.2) is 0 Å². The molecule has 2 aromatic carbocycles. The van der Waals surface area contributed by atoms with E-state index < -0.39 is 28.7 Å². The summed E-state index contributed by atoms with van der Waals surface area (Å²) < 4.78 is 52.5. The number of halogens is 3. The highest BCUT2D eigenvalue weighted by Crippen LogP contribution is 2.39. The molecule has 1 aromatic heterocycles. The number of hydrogen-bond donors (Lipinski definition) is 1. The van der Waals surface area contributed by atoms with Crippen LogP contribution < -0.4 is 20.2 Å². The Hall–Kier alpha value is -3.04. The number of benzene rings is 2. The fraction of sp³-hybridized carbons (Fsp3) is 0.375. The molecule has 0 unspecified atom stereocenters. The van der Waals surface area contributed by atoms with Crippen LogP contribution in [-0.2, 0) is 12.7 Å². The molecule has 0 radical (unpaired) electrons. The number of likely N-dealkylation sites (N-methyl/N-ethyl adjacent to an activating group) is 1. The lowest BCUT2D eigenvalue weighted by molar-refractivity contribution is -0.918. The normalized spacial score (nSPS) is 15.8. The number of alkyl halides is 3. The average molecular weight is 462 g/mol. The highest BCUT2D eigenvalue weighted by molar-refractivity contribution is 5.86. The van der Waals surface area contributed by atoms with E-state index in [0.29, 0.717) is 5.75 Å². The number of hydrogen-bond acceptors (Lipinski definition) is 5. The van der Waals surface area contributed by atoms with Gasteiger partial charge in [-0.15, -0.1) is 0 Å². The van der Waals surface area contributed by atoms with Crippen LogP contribution in [0, 0.1) is 0 Å². The van der Waals surface area contributed by atoms with Gasteiger partial charge >= 0.3 is 6.18 Å². The lowest BCUT2D eigenvalue weighted by Crippen LogP contribution is -3.13. The third-order valence-corrected chi connectivity index (χ3v) is 6.19. The first kappa shape index (κ1) is 23.1. The van der Waals surface area contributed by atoms with E-state index in [1.165, 1.54) is 43.5 Å². The third-order valence-electron chi connectivity index (χ3n) is 6.19. The van der Waals surface area contributed by atoms with Crippen molar-refractivity contribution in [3.05, 3.63) is 57.9 Å². The average Bonchev–Trinajstić information content (AvgIpc) is 2.80. The van der Waals surface area contributed by atoms with E-state index in [0.717, 1.165) is 37.6 Å². The Kier molecular flexibility index (Phi) is 6.36. The Morgan fingerprint density at radius 3 is 2.36 bits per heavy atom. The zero-order chi connectivity index (χ0) is 23.8. The number of methoxy groups -OCH3 is 1. The van der Waals surface area contributed by atoms with Gasteiger partial charge < -0.3 is 19.2 Å². The van der Waals surface area contributed by atoms with E-state index in [-0.39, 0.29) is 28.6 Å². The molecule has 0 amide bonds. The van der Waals surface area contributed by atoms with Gasteiger partial charge in [-0.05, 0) is 30.3 Å². The number of nitrogens with zero attached hydrogens (tertiary/aromatic N) is 1. The van der Waals surface area contributed by atoms with Crippen molar-refractivity contribution >= 4 is 11.0 Å². The minimum Gasteiger partial charge on any atom is -0.872 e. The highest BCUT2D eigenvalue weighted by Gasteiger charge is 2.40. The molecule has 33 heavy (non-hydrogen) atoms.